The Morgan fingerprint density at radius 3 is 2.18 bits per heavy atom. The van der Waals surface area contributed by atoms with Gasteiger partial charge in [-0.25, -0.2) is 14.8 Å². The van der Waals surface area contributed by atoms with E-state index >= 15 is 0 Å². The number of carbonyl (C=O) groups is 2. The standard InChI is InChI=1S/C21H26N4O3/c1-21(2,3)17-7-5-16(6-8-17)19(27)28-15-18(26)24-11-13-25(14-12-24)20-22-9-4-10-23-20/h4-10H,11-15H2,1-3H3. The maximum absolute atomic E-state index is 12.4. The molecule has 0 unspecified atom stereocenters. The number of anilines is 1. The highest BCUT2D eigenvalue weighted by atomic mass is 16.5. The average molecular weight is 382 g/mol. The Bertz CT molecular complexity index is 808. The molecule has 1 amide bonds. The Morgan fingerprint density at radius 1 is 1.00 bits per heavy atom. The lowest BCUT2D eigenvalue weighted by atomic mass is 9.87. The highest BCUT2D eigenvalue weighted by Crippen LogP contribution is 2.22. The molecule has 0 N–H and O–H groups in total. The van der Waals surface area contributed by atoms with E-state index in [1.807, 2.05) is 17.0 Å². The molecule has 1 saturated heterocycles. The number of amides is 1. The van der Waals surface area contributed by atoms with E-state index in [0.29, 0.717) is 37.7 Å². The Labute approximate surface area is 165 Å². The van der Waals surface area contributed by atoms with Crippen molar-refractivity contribution in [1.82, 2.24) is 14.9 Å². The highest BCUT2D eigenvalue weighted by Gasteiger charge is 2.23. The van der Waals surface area contributed by atoms with Crippen molar-refractivity contribution in [1.29, 1.82) is 0 Å². The fourth-order valence-corrected chi connectivity index (χ4v) is 3.02. The molecule has 3 rings (SSSR count). The number of ether oxygens (including phenoxy) is 1. The second kappa shape index (κ2) is 8.37. The first-order valence-corrected chi connectivity index (χ1v) is 9.42. The van der Waals surface area contributed by atoms with Crippen molar-refractivity contribution < 1.29 is 14.3 Å². The number of aromatic nitrogens is 2. The van der Waals surface area contributed by atoms with Gasteiger partial charge in [0.15, 0.2) is 6.61 Å². The summed E-state index contributed by atoms with van der Waals surface area (Å²) >= 11 is 0. The van der Waals surface area contributed by atoms with Crippen LogP contribution < -0.4 is 4.90 Å². The Balaban J connectivity index is 1.47. The van der Waals surface area contributed by atoms with Gasteiger partial charge in [-0.1, -0.05) is 32.9 Å². The van der Waals surface area contributed by atoms with Crippen molar-refractivity contribution in [3.05, 3.63) is 53.9 Å². The summed E-state index contributed by atoms with van der Waals surface area (Å²) in [7, 11) is 0. The molecule has 1 aliphatic rings. The predicted octanol–water partition coefficient (Wildman–Crippen LogP) is 2.28. The van der Waals surface area contributed by atoms with Crippen LogP contribution in [-0.2, 0) is 14.9 Å². The monoisotopic (exact) mass is 382 g/mol. The third-order valence-electron chi connectivity index (χ3n) is 4.78. The topological polar surface area (TPSA) is 75.6 Å². The molecule has 0 bridgehead atoms. The van der Waals surface area contributed by atoms with Crippen LogP contribution in [0.1, 0.15) is 36.7 Å². The van der Waals surface area contributed by atoms with Crippen molar-refractivity contribution in [3.8, 4) is 0 Å². The lowest BCUT2D eigenvalue weighted by Crippen LogP contribution is -2.50. The van der Waals surface area contributed by atoms with Crippen LogP contribution in [0.3, 0.4) is 0 Å². The SMILES string of the molecule is CC(C)(C)c1ccc(C(=O)OCC(=O)N2CCN(c3ncccn3)CC2)cc1. The fraction of sp³-hybridized carbons (Fsp3) is 0.429. The van der Waals surface area contributed by atoms with Gasteiger partial charge in [0.1, 0.15) is 0 Å². The second-order valence-electron chi connectivity index (χ2n) is 7.82. The van der Waals surface area contributed by atoms with E-state index < -0.39 is 5.97 Å². The number of benzene rings is 1. The molecule has 28 heavy (non-hydrogen) atoms. The van der Waals surface area contributed by atoms with Gasteiger partial charge in [0.2, 0.25) is 5.95 Å². The lowest BCUT2D eigenvalue weighted by molar-refractivity contribution is -0.134. The molecule has 0 radical (unpaired) electrons. The maximum atomic E-state index is 12.4. The largest absolute Gasteiger partial charge is 0.452 e. The van der Waals surface area contributed by atoms with E-state index in [1.54, 1.807) is 35.5 Å². The zero-order chi connectivity index (χ0) is 20.1. The molecular formula is C21H26N4O3. The summed E-state index contributed by atoms with van der Waals surface area (Å²) in [6.45, 7) is 8.50. The van der Waals surface area contributed by atoms with Crippen LogP contribution in [0.2, 0.25) is 0 Å². The molecule has 0 saturated carbocycles. The number of piperazine rings is 1. The zero-order valence-electron chi connectivity index (χ0n) is 16.6. The van der Waals surface area contributed by atoms with Crippen LogP contribution in [0, 0.1) is 0 Å². The van der Waals surface area contributed by atoms with Crippen LogP contribution in [-0.4, -0.2) is 59.5 Å². The van der Waals surface area contributed by atoms with Crippen LogP contribution in [0.25, 0.3) is 0 Å². The molecule has 2 aromatic rings. The first kappa shape index (κ1) is 19.8. The first-order valence-electron chi connectivity index (χ1n) is 9.42. The van der Waals surface area contributed by atoms with Gasteiger partial charge in [0.25, 0.3) is 5.91 Å². The molecule has 7 heteroatoms. The van der Waals surface area contributed by atoms with Gasteiger partial charge in [-0.15, -0.1) is 0 Å². The van der Waals surface area contributed by atoms with Gasteiger partial charge in [0.05, 0.1) is 5.56 Å². The van der Waals surface area contributed by atoms with Gasteiger partial charge in [-0.05, 0) is 29.2 Å². The zero-order valence-corrected chi connectivity index (χ0v) is 16.6. The Kier molecular flexibility index (Phi) is 5.92. The number of esters is 1. The van der Waals surface area contributed by atoms with Crippen molar-refractivity contribution >= 4 is 17.8 Å². The Hall–Kier alpha value is -2.96. The number of nitrogens with zero attached hydrogens (tertiary/aromatic N) is 4. The molecule has 2 heterocycles. The van der Waals surface area contributed by atoms with Gasteiger partial charge < -0.3 is 14.5 Å². The quantitative estimate of drug-likeness (QED) is 0.755. The normalized spacial score (nSPS) is 14.7. The minimum atomic E-state index is -0.481. The molecule has 0 aliphatic carbocycles. The van der Waals surface area contributed by atoms with E-state index in [1.165, 1.54) is 0 Å². The summed E-state index contributed by atoms with van der Waals surface area (Å²) in [4.78, 5) is 36.8. The number of carbonyl (C=O) groups excluding carboxylic acids is 2. The van der Waals surface area contributed by atoms with E-state index in [9.17, 15) is 9.59 Å². The molecular weight excluding hydrogens is 356 g/mol. The summed E-state index contributed by atoms with van der Waals surface area (Å²) in [5.74, 6) is -0.00171. The molecule has 0 atom stereocenters. The predicted molar refractivity (Wildman–Crippen MR) is 106 cm³/mol. The average Bonchev–Trinajstić information content (AvgIpc) is 2.72. The van der Waals surface area contributed by atoms with Crippen molar-refractivity contribution in [2.24, 2.45) is 0 Å². The maximum Gasteiger partial charge on any atom is 0.338 e. The minimum absolute atomic E-state index is 0.0192. The number of rotatable bonds is 4. The summed E-state index contributed by atoms with van der Waals surface area (Å²) in [5, 5.41) is 0. The van der Waals surface area contributed by atoms with Crippen molar-refractivity contribution in [3.63, 3.8) is 0 Å². The molecule has 1 aliphatic heterocycles. The van der Waals surface area contributed by atoms with Crippen LogP contribution in [0.5, 0.6) is 0 Å². The van der Waals surface area contributed by atoms with Crippen LogP contribution in [0.15, 0.2) is 42.7 Å². The Morgan fingerprint density at radius 2 is 1.61 bits per heavy atom. The van der Waals surface area contributed by atoms with Crippen LogP contribution >= 0.6 is 0 Å². The van der Waals surface area contributed by atoms with Gasteiger partial charge >= 0.3 is 5.97 Å². The van der Waals surface area contributed by atoms with E-state index in [0.717, 1.165) is 5.56 Å². The van der Waals surface area contributed by atoms with Crippen LogP contribution in [0.4, 0.5) is 5.95 Å². The van der Waals surface area contributed by atoms with Gasteiger partial charge in [-0.3, -0.25) is 4.79 Å². The molecule has 1 aromatic heterocycles. The minimum Gasteiger partial charge on any atom is -0.452 e. The third-order valence-corrected chi connectivity index (χ3v) is 4.78. The van der Waals surface area contributed by atoms with E-state index in [-0.39, 0.29) is 17.9 Å². The summed E-state index contributed by atoms with van der Waals surface area (Å²) in [5.41, 5.74) is 1.61. The van der Waals surface area contributed by atoms with Gasteiger partial charge in [-0.2, -0.15) is 0 Å². The van der Waals surface area contributed by atoms with Crippen molar-refractivity contribution in [2.45, 2.75) is 26.2 Å². The fourth-order valence-electron chi connectivity index (χ4n) is 3.02. The number of hydrogen-bond donors (Lipinski definition) is 0. The third kappa shape index (κ3) is 4.85. The molecule has 7 nitrogen and oxygen atoms in total. The molecule has 148 valence electrons. The first-order chi connectivity index (χ1) is 13.3. The summed E-state index contributed by atoms with van der Waals surface area (Å²) in [6, 6.07) is 9.10. The number of hydrogen-bond acceptors (Lipinski definition) is 6. The summed E-state index contributed by atoms with van der Waals surface area (Å²) < 4.78 is 5.21. The lowest BCUT2D eigenvalue weighted by Gasteiger charge is -2.34. The van der Waals surface area contributed by atoms with E-state index in [2.05, 4.69) is 30.7 Å². The summed E-state index contributed by atoms with van der Waals surface area (Å²) in [6.07, 6.45) is 3.40. The second-order valence-corrected chi connectivity index (χ2v) is 7.82. The highest BCUT2D eigenvalue weighted by molar-refractivity contribution is 5.91. The van der Waals surface area contributed by atoms with E-state index in [4.69, 9.17) is 4.74 Å². The molecule has 1 fully saturated rings. The smallest absolute Gasteiger partial charge is 0.338 e. The van der Waals surface area contributed by atoms with Crippen molar-refractivity contribution in [2.75, 3.05) is 37.7 Å². The van der Waals surface area contributed by atoms with Gasteiger partial charge in [0, 0.05) is 38.6 Å². The molecule has 1 aromatic carbocycles. The molecule has 0 spiro atoms.